The number of aromatic nitrogens is 1. The number of amides is 2. The fraction of sp³-hybridized carbons (Fsp3) is 0.500. The summed E-state index contributed by atoms with van der Waals surface area (Å²) < 4.78 is 0. The van der Waals surface area contributed by atoms with Gasteiger partial charge in [0.15, 0.2) is 0 Å². The molecule has 0 saturated heterocycles. The highest BCUT2D eigenvalue weighted by Gasteiger charge is 2.13. The van der Waals surface area contributed by atoms with Crippen LogP contribution in [-0.4, -0.2) is 29.4 Å². The van der Waals surface area contributed by atoms with Crippen molar-refractivity contribution < 1.29 is 9.59 Å². The minimum atomic E-state index is -0.250. The number of nitrogens with one attached hydrogen (secondary N) is 2. The first-order valence-electron chi connectivity index (χ1n) is 6.64. The van der Waals surface area contributed by atoms with Gasteiger partial charge in [0, 0.05) is 12.6 Å². The van der Waals surface area contributed by atoms with Crippen molar-refractivity contribution in [3.63, 3.8) is 0 Å². The Balaban J connectivity index is 2.76. The molecule has 0 bridgehead atoms. The molecular weight excluding hydrogens is 242 g/mol. The summed E-state index contributed by atoms with van der Waals surface area (Å²) in [5, 5.41) is 5.56. The van der Waals surface area contributed by atoms with E-state index in [-0.39, 0.29) is 29.2 Å². The minimum Gasteiger partial charge on any atom is -0.351 e. The lowest BCUT2D eigenvalue weighted by atomic mass is 10.2. The Morgan fingerprint density at radius 1 is 1.21 bits per heavy atom. The fourth-order valence-corrected chi connectivity index (χ4v) is 1.42. The molecule has 0 aliphatic heterocycles. The van der Waals surface area contributed by atoms with E-state index in [4.69, 9.17) is 0 Å². The van der Waals surface area contributed by atoms with Crippen molar-refractivity contribution in [2.24, 2.45) is 0 Å². The zero-order valence-electron chi connectivity index (χ0n) is 11.7. The first kappa shape index (κ1) is 15.1. The second-order valence-electron chi connectivity index (χ2n) is 4.45. The first-order valence-corrected chi connectivity index (χ1v) is 6.64. The number of hydrogen-bond acceptors (Lipinski definition) is 3. The molecule has 1 rings (SSSR count). The molecule has 104 valence electrons. The van der Waals surface area contributed by atoms with Crippen LogP contribution in [0.25, 0.3) is 0 Å². The lowest BCUT2D eigenvalue weighted by Gasteiger charge is -2.11. The summed E-state index contributed by atoms with van der Waals surface area (Å²) in [6.45, 7) is 6.50. The van der Waals surface area contributed by atoms with Gasteiger partial charge >= 0.3 is 0 Å². The Bertz CT molecular complexity index is 446. The summed E-state index contributed by atoms with van der Waals surface area (Å²) in [6, 6.07) is 4.96. The molecule has 0 fully saturated rings. The van der Waals surface area contributed by atoms with E-state index in [1.807, 2.05) is 20.8 Å². The molecule has 2 amide bonds. The minimum absolute atomic E-state index is 0.0897. The van der Waals surface area contributed by atoms with E-state index in [0.717, 1.165) is 12.8 Å². The van der Waals surface area contributed by atoms with Gasteiger partial charge in [-0.25, -0.2) is 4.98 Å². The first-order chi connectivity index (χ1) is 9.08. The normalized spacial score (nSPS) is 11.7. The van der Waals surface area contributed by atoms with Crippen LogP contribution in [-0.2, 0) is 0 Å². The highest BCUT2D eigenvalue weighted by atomic mass is 16.2. The largest absolute Gasteiger partial charge is 0.351 e. The molecule has 0 aliphatic rings. The molecule has 19 heavy (non-hydrogen) atoms. The summed E-state index contributed by atoms with van der Waals surface area (Å²) >= 11 is 0. The molecular formula is C14H21N3O2. The van der Waals surface area contributed by atoms with Gasteiger partial charge in [-0.05, 0) is 31.9 Å². The smallest absolute Gasteiger partial charge is 0.270 e. The highest BCUT2D eigenvalue weighted by molar-refractivity contribution is 5.96. The quantitative estimate of drug-likeness (QED) is 0.821. The second kappa shape index (κ2) is 7.51. The molecule has 1 aromatic rings. The van der Waals surface area contributed by atoms with Gasteiger partial charge < -0.3 is 10.6 Å². The Kier molecular flexibility index (Phi) is 5.99. The van der Waals surface area contributed by atoms with Crippen molar-refractivity contribution in [1.82, 2.24) is 15.6 Å². The predicted molar refractivity (Wildman–Crippen MR) is 74.1 cm³/mol. The number of rotatable bonds is 6. The van der Waals surface area contributed by atoms with Crippen LogP contribution in [0.15, 0.2) is 18.2 Å². The van der Waals surface area contributed by atoms with E-state index in [2.05, 4.69) is 15.6 Å². The van der Waals surface area contributed by atoms with Gasteiger partial charge in [-0.15, -0.1) is 0 Å². The van der Waals surface area contributed by atoms with Gasteiger partial charge in [0.2, 0.25) is 0 Å². The molecule has 5 nitrogen and oxygen atoms in total. The maximum Gasteiger partial charge on any atom is 0.270 e. The van der Waals surface area contributed by atoms with Crippen molar-refractivity contribution in [2.75, 3.05) is 6.54 Å². The Hall–Kier alpha value is -1.91. The van der Waals surface area contributed by atoms with Crippen LogP contribution in [0.5, 0.6) is 0 Å². The van der Waals surface area contributed by atoms with Crippen LogP contribution < -0.4 is 10.6 Å². The maximum absolute atomic E-state index is 11.9. The van der Waals surface area contributed by atoms with E-state index in [9.17, 15) is 9.59 Å². The molecule has 0 saturated carbocycles. The fourth-order valence-electron chi connectivity index (χ4n) is 1.42. The second-order valence-corrected chi connectivity index (χ2v) is 4.45. The van der Waals surface area contributed by atoms with Crippen molar-refractivity contribution in [3.8, 4) is 0 Å². The molecule has 5 heteroatoms. The van der Waals surface area contributed by atoms with Crippen LogP contribution in [0, 0.1) is 0 Å². The van der Waals surface area contributed by atoms with Gasteiger partial charge in [-0.3, -0.25) is 9.59 Å². The summed E-state index contributed by atoms with van der Waals surface area (Å²) in [4.78, 5) is 27.7. The monoisotopic (exact) mass is 263 g/mol. The number of pyridine rings is 1. The van der Waals surface area contributed by atoms with Crippen molar-refractivity contribution in [2.45, 2.75) is 39.7 Å². The van der Waals surface area contributed by atoms with Crippen molar-refractivity contribution in [3.05, 3.63) is 29.6 Å². The molecule has 1 aromatic heterocycles. The Labute approximate surface area is 113 Å². The lowest BCUT2D eigenvalue weighted by Crippen LogP contribution is -2.33. The Morgan fingerprint density at radius 3 is 2.42 bits per heavy atom. The molecule has 0 aromatic carbocycles. The number of hydrogen-bond donors (Lipinski definition) is 2. The molecule has 1 unspecified atom stereocenters. The van der Waals surface area contributed by atoms with Crippen molar-refractivity contribution in [1.29, 1.82) is 0 Å². The van der Waals surface area contributed by atoms with Gasteiger partial charge in [0.05, 0.1) is 0 Å². The number of carbonyl (C=O) groups excluding carboxylic acids is 2. The number of carbonyl (C=O) groups is 2. The maximum atomic E-state index is 11.9. The summed E-state index contributed by atoms with van der Waals surface area (Å²) in [5.74, 6) is -0.500. The molecule has 0 radical (unpaired) electrons. The molecule has 1 heterocycles. The third kappa shape index (κ3) is 4.69. The highest BCUT2D eigenvalue weighted by Crippen LogP contribution is 2.01. The summed E-state index contributed by atoms with van der Waals surface area (Å²) in [6.07, 6.45) is 1.71. The summed E-state index contributed by atoms with van der Waals surface area (Å²) in [7, 11) is 0. The van der Waals surface area contributed by atoms with E-state index >= 15 is 0 Å². The predicted octanol–water partition coefficient (Wildman–Crippen LogP) is 1.75. The lowest BCUT2D eigenvalue weighted by molar-refractivity contribution is 0.0933. The standard InChI is InChI=1S/C14H21N3O2/c1-4-9-15-13(18)11-7-6-8-12(17-11)14(19)16-10(3)5-2/h6-8,10H,4-5,9H2,1-3H3,(H,15,18)(H,16,19). The Morgan fingerprint density at radius 2 is 1.84 bits per heavy atom. The van der Waals surface area contributed by atoms with E-state index in [1.165, 1.54) is 0 Å². The SMILES string of the molecule is CCCNC(=O)c1cccc(C(=O)NC(C)CC)n1. The molecule has 0 aliphatic carbocycles. The van der Waals surface area contributed by atoms with Crippen LogP contribution in [0.1, 0.15) is 54.6 Å². The topological polar surface area (TPSA) is 71.1 Å². The molecule has 1 atom stereocenters. The van der Waals surface area contributed by atoms with Gasteiger partial charge in [-0.2, -0.15) is 0 Å². The van der Waals surface area contributed by atoms with Gasteiger partial charge in [-0.1, -0.05) is 19.9 Å². The third-order valence-corrected chi connectivity index (χ3v) is 2.74. The van der Waals surface area contributed by atoms with E-state index in [0.29, 0.717) is 6.54 Å². The van der Waals surface area contributed by atoms with E-state index in [1.54, 1.807) is 18.2 Å². The van der Waals surface area contributed by atoms with Gasteiger partial charge in [0.1, 0.15) is 11.4 Å². The third-order valence-electron chi connectivity index (χ3n) is 2.74. The summed E-state index contributed by atoms with van der Waals surface area (Å²) in [5.41, 5.74) is 0.537. The van der Waals surface area contributed by atoms with Crippen LogP contribution in [0.3, 0.4) is 0 Å². The van der Waals surface area contributed by atoms with Crippen LogP contribution >= 0.6 is 0 Å². The zero-order valence-corrected chi connectivity index (χ0v) is 11.7. The average molecular weight is 263 g/mol. The molecule has 2 N–H and O–H groups in total. The molecule has 0 spiro atoms. The van der Waals surface area contributed by atoms with Crippen LogP contribution in [0.2, 0.25) is 0 Å². The zero-order chi connectivity index (χ0) is 14.3. The van der Waals surface area contributed by atoms with E-state index < -0.39 is 0 Å². The van der Waals surface area contributed by atoms with Gasteiger partial charge in [0.25, 0.3) is 11.8 Å². The van der Waals surface area contributed by atoms with Crippen molar-refractivity contribution >= 4 is 11.8 Å². The average Bonchev–Trinajstić information content (AvgIpc) is 2.44. The van der Waals surface area contributed by atoms with Crippen LogP contribution in [0.4, 0.5) is 0 Å². The number of nitrogens with zero attached hydrogens (tertiary/aromatic N) is 1.